The molecule has 6 aromatic rings. The van der Waals surface area contributed by atoms with Crippen LogP contribution >= 0.6 is 0 Å². The van der Waals surface area contributed by atoms with Gasteiger partial charge < -0.3 is 4.74 Å². The maximum absolute atomic E-state index is 15.4. The number of alkyl halides is 5. The second-order valence-corrected chi connectivity index (χ2v) is 11.7. The molecule has 0 fully saturated rings. The highest BCUT2D eigenvalue weighted by Crippen LogP contribution is 2.41. The van der Waals surface area contributed by atoms with Crippen LogP contribution in [-0.2, 0) is 18.7 Å². The summed E-state index contributed by atoms with van der Waals surface area (Å²) in [6.07, 6.45) is -8.51. The molecule has 0 atom stereocenters. The molecule has 0 saturated heterocycles. The van der Waals surface area contributed by atoms with Crippen LogP contribution in [0.1, 0.15) is 30.0 Å². The quantitative estimate of drug-likeness (QED) is 0.143. The highest BCUT2D eigenvalue weighted by Gasteiger charge is 2.43. The van der Waals surface area contributed by atoms with Crippen LogP contribution in [0.4, 0.5) is 48.3 Å². The molecule has 0 bridgehead atoms. The van der Waals surface area contributed by atoms with Gasteiger partial charge in [0.25, 0.3) is 0 Å². The van der Waals surface area contributed by atoms with Crippen LogP contribution in [0.2, 0.25) is 0 Å². The predicted octanol–water partition coefficient (Wildman–Crippen LogP) is 12.8. The first kappa shape index (κ1) is 35.4. The molecule has 0 aliphatic rings. The van der Waals surface area contributed by atoms with Crippen molar-refractivity contribution in [3.63, 3.8) is 0 Å². The topological polar surface area (TPSA) is 9.23 Å². The third-order valence-corrected chi connectivity index (χ3v) is 8.24. The van der Waals surface area contributed by atoms with Crippen molar-refractivity contribution < 1.29 is 53.0 Å². The molecule has 6 aromatic carbocycles. The van der Waals surface area contributed by atoms with Crippen LogP contribution in [0.5, 0.6) is 5.75 Å². The summed E-state index contributed by atoms with van der Waals surface area (Å²) >= 11 is 0. The van der Waals surface area contributed by atoms with Crippen molar-refractivity contribution in [3.8, 4) is 39.1 Å². The maximum Gasteiger partial charge on any atom is 0.432 e. The summed E-state index contributed by atoms with van der Waals surface area (Å²) in [5, 5.41) is 1.82. The lowest BCUT2D eigenvalue weighted by molar-refractivity contribution is -0.189. The summed E-state index contributed by atoms with van der Waals surface area (Å²) in [6, 6.07) is 19.9. The van der Waals surface area contributed by atoms with Gasteiger partial charge >= 0.3 is 12.3 Å². The van der Waals surface area contributed by atoms with Crippen molar-refractivity contribution >= 4 is 10.8 Å². The zero-order valence-corrected chi connectivity index (χ0v) is 26.2. The molecule has 0 saturated carbocycles. The number of benzene rings is 6. The number of fused-ring (bicyclic) bond motifs is 1. The zero-order valence-electron chi connectivity index (χ0n) is 26.2. The molecule has 0 aromatic heterocycles. The molecule has 0 N–H and O–H groups in total. The Kier molecular flexibility index (Phi) is 9.30. The van der Waals surface area contributed by atoms with Gasteiger partial charge in [-0.3, -0.25) is 0 Å². The van der Waals surface area contributed by atoms with Crippen LogP contribution in [-0.4, -0.2) is 0 Å². The van der Waals surface area contributed by atoms with E-state index in [1.165, 1.54) is 42.0 Å². The van der Waals surface area contributed by atoms with Gasteiger partial charge in [-0.15, -0.1) is 0 Å². The first-order valence-electron chi connectivity index (χ1n) is 15.3. The van der Waals surface area contributed by atoms with Crippen molar-refractivity contribution in [1.82, 2.24) is 0 Å². The van der Waals surface area contributed by atoms with E-state index in [1.54, 1.807) is 12.1 Å². The second kappa shape index (κ2) is 13.4. The molecule has 6 rings (SSSR count). The lowest BCUT2D eigenvalue weighted by Gasteiger charge is -2.21. The summed E-state index contributed by atoms with van der Waals surface area (Å²) in [5.41, 5.74) is -2.78. The Morgan fingerprint density at radius 3 is 1.55 bits per heavy atom. The molecule has 0 heterocycles. The monoisotopic (exact) mass is 716 g/mol. The minimum Gasteiger partial charge on any atom is -0.429 e. The van der Waals surface area contributed by atoms with Crippen molar-refractivity contribution in [2.45, 2.75) is 32.1 Å². The van der Waals surface area contributed by atoms with Gasteiger partial charge in [-0.25, -0.2) is 26.3 Å². The fourth-order valence-corrected chi connectivity index (χ4v) is 5.84. The fraction of sp³-hybridized carbons (Fsp3) is 0.128. The van der Waals surface area contributed by atoms with Crippen LogP contribution in [0.15, 0.2) is 97.1 Å². The van der Waals surface area contributed by atoms with Gasteiger partial charge in [0.15, 0.2) is 11.6 Å². The van der Waals surface area contributed by atoms with E-state index in [0.717, 1.165) is 23.6 Å². The van der Waals surface area contributed by atoms with Gasteiger partial charge in [-0.05, 0) is 63.2 Å². The van der Waals surface area contributed by atoms with Gasteiger partial charge in [-0.1, -0.05) is 80.1 Å². The van der Waals surface area contributed by atoms with E-state index in [-0.39, 0.29) is 39.9 Å². The molecule has 262 valence electrons. The SMILES string of the molecule is CCCc1ccc2cc(-c3ccc(-c4ccc(-c5cc(F)c(C(F)(F)Oc6cc(F)c(C(F)(F)F)c(F)c6)c(F)c5)cc4)c(F)c3F)ccc2c1. The van der Waals surface area contributed by atoms with Gasteiger partial charge in [0.05, 0.1) is 0 Å². The summed E-state index contributed by atoms with van der Waals surface area (Å²) in [5.74, 6) is -12.0. The standard InChI is InChI=1S/C39H23F11O/c1-2-3-20-4-5-24-15-25(11-10-23(24)14-20)29-13-12-28(36(44)37(29)45)22-8-6-21(7-9-22)26-16-30(40)35(31(41)17-26)39(49,50)51-27-18-32(42)34(33(43)19-27)38(46,47)48/h4-19H,2-3H2,1H3. The highest BCUT2D eigenvalue weighted by molar-refractivity contribution is 5.88. The fourth-order valence-electron chi connectivity index (χ4n) is 5.84. The smallest absolute Gasteiger partial charge is 0.429 e. The summed E-state index contributed by atoms with van der Waals surface area (Å²) in [4.78, 5) is 0. The number of hydrogen-bond acceptors (Lipinski definition) is 1. The van der Waals surface area contributed by atoms with Gasteiger partial charge in [0.2, 0.25) is 0 Å². The van der Waals surface area contributed by atoms with Crippen LogP contribution in [0.25, 0.3) is 44.2 Å². The number of rotatable bonds is 8. The van der Waals surface area contributed by atoms with Gasteiger partial charge in [0.1, 0.15) is 40.1 Å². The van der Waals surface area contributed by atoms with E-state index in [9.17, 15) is 39.5 Å². The van der Waals surface area contributed by atoms with E-state index in [2.05, 4.69) is 11.7 Å². The minimum absolute atomic E-state index is 0.0350. The minimum atomic E-state index is -5.49. The molecule has 0 spiro atoms. The lowest BCUT2D eigenvalue weighted by Crippen LogP contribution is -2.25. The van der Waals surface area contributed by atoms with E-state index >= 15 is 8.78 Å². The molecule has 0 radical (unpaired) electrons. The first-order chi connectivity index (χ1) is 24.1. The zero-order chi connectivity index (χ0) is 36.8. The Morgan fingerprint density at radius 2 is 0.980 bits per heavy atom. The van der Waals surface area contributed by atoms with Crippen LogP contribution in [0, 0.1) is 34.9 Å². The number of ether oxygens (including phenoxy) is 1. The molecule has 12 heteroatoms. The normalized spacial score (nSPS) is 12.1. The van der Waals surface area contributed by atoms with Gasteiger partial charge in [-0.2, -0.15) is 22.0 Å². The molecule has 0 aliphatic heterocycles. The Morgan fingerprint density at radius 1 is 0.490 bits per heavy atom. The van der Waals surface area contributed by atoms with Crippen LogP contribution in [0.3, 0.4) is 0 Å². The molecule has 51 heavy (non-hydrogen) atoms. The van der Waals surface area contributed by atoms with Crippen LogP contribution < -0.4 is 4.74 Å². The van der Waals surface area contributed by atoms with Crippen molar-refractivity contribution in [1.29, 1.82) is 0 Å². The number of halogens is 11. The summed E-state index contributed by atoms with van der Waals surface area (Å²) in [6.45, 7) is 2.08. The van der Waals surface area contributed by atoms with Crippen molar-refractivity contribution in [2.75, 3.05) is 0 Å². The average Bonchev–Trinajstić information content (AvgIpc) is 3.04. The average molecular weight is 717 g/mol. The van der Waals surface area contributed by atoms with Crippen molar-refractivity contribution in [2.24, 2.45) is 0 Å². The maximum atomic E-state index is 15.4. The van der Waals surface area contributed by atoms with E-state index in [0.29, 0.717) is 17.7 Å². The van der Waals surface area contributed by atoms with E-state index < -0.39 is 64.1 Å². The molecule has 0 amide bonds. The van der Waals surface area contributed by atoms with Gasteiger partial charge in [0, 0.05) is 23.3 Å². The molecule has 0 unspecified atom stereocenters. The highest BCUT2D eigenvalue weighted by atomic mass is 19.4. The first-order valence-corrected chi connectivity index (χ1v) is 15.3. The largest absolute Gasteiger partial charge is 0.432 e. The number of hydrogen-bond donors (Lipinski definition) is 0. The Hall–Kier alpha value is -5.39. The Labute approximate surface area is 283 Å². The molecule has 0 aliphatic carbocycles. The lowest BCUT2D eigenvalue weighted by atomic mass is 9.95. The summed E-state index contributed by atoms with van der Waals surface area (Å²) in [7, 11) is 0. The Bertz CT molecular complexity index is 2230. The second-order valence-electron chi connectivity index (χ2n) is 11.7. The van der Waals surface area contributed by atoms with E-state index in [4.69, 9.17) is 0 Å². The van der Waals surface area contributed by atoms with Crippen molar-refractivity contribution in [3.05, 3.63) is 149 Å². The molecule has 1 nitrogen and oxygen atoms in total. The predicted molar refractivity (Wildman–Crippen MR) is 170 cm³/mol. The van der Waals surface area contributed by atoms with E-state index in [1.807, 2.05) is 24.3 Å². The number of aryl methyl sites for hydroxylation is 1. The molecular formula is C39H23F11O. The third kappa shape index (κ3) is 6.99. The molecular weight excluding hydrogens is 693 g/mol. The summed E-state index contributed by atoms with van der Waals surface area (Å²) < 4.78 is 160. The Balaban J connectivity index is 1.24. The third-order valence-electron chi connectivity index (χ3n) is 8.24.